The highest BCUT2D eigenvalue weighted by molar-refractivity contribution is 7.16. The van der Waals surface area contributed by atoms with Gasteiger partial charge in [0.1, 0.15) is 5.69 Å². The van der Waals surface area contributed by atoms with Crippen molar-refractivity contribution in [1.82, 2.24) is 14.3 Å². The molecule has 0 aliphatic heterocycles. The summed E-state index contributed by atoms with van der Waals surface area (Å²) in [5.74, 6) is 2.34. The molecule has 3 aromatic rings. The average Bonchev–Trinajstić information content (AvgIpc) is 3.07. The van der Waals surface area contributed by atoms with Crippen molar-refractivity contribution >= 4 is 27.5 Å². The van der Waals surface area contributed by atoms with E-state index in [1.807, 2.05) is 17.6 Å². The highest BCUT2D eigenvalue weighted by Crippen LogP contribution is 2.20. The van der Waals surface area contributed by atoms with Crippen LogP contribution >= 0.6 is 11.3 Å². The number of terminal acetylenes is 1. The van der Waals surface area contributed by atoms with Gasteiger partial charge in [0.15, 0.2) is 4.80 Å². The van der Waals surface area contributed by atoms with Crippen molar-refractivity contribution in [2.75, 3.05) is 0 Å². The Balaban J connectivity index is 2.19. The van der Waals surface area contributed by atoms with Crippen LogP contribution in [0, 0.1) is 19.3 Å². The van der Waals surface area contributed by atoms with E-state index in [0.717, 1.165) is 22.2 Å². The van der Waals surface area contributed by atoms with E-state index in [1.54, 1.807) is 17.9 Å². The van der Waals surface area contributed by atoms with E-state index in [0.29, 0.717) is 17.0 Å². The van der Waals surface area contributed by atoms with Crippen LogP contribution < -0.4 is 4.80 Å². The molecule has 3 rings (SSSR count). The lowest BCUT2D eigenvalue weighted by atomic mass is 10.2. The largest absolute Gasteiger partial charge is 0.305 e. The molecule has 0 radical (unpaired) electrons. The van der Waals surface area contributed by atoms with Crippen molar-refractivity contribution in [1.29, 1.82) is 0 Å². The quantitative estimate of drug-likeness (QED) is 0.690. The monoisotopic (exact) mass is 338 g/mol. The lowest BCUT2D eigenvalue weighted by Crippen LogP contribution is -2.18. The number of carbonyl (C=O) groups is 1. The molecule has 0 bridgehead atoms. The van der Waals surface area contributed by atoms with Crippen molar-refractivity contribution in [2.24, 2.45) is 12.0 Å². The van der Waals surface area contributed by atoms with Gasteiger partial charge in [-0.05, 0) is 31.0 Å². The SMILES string of the molecule is C#CCn1c(=NC(=O)c2c(C)cnn2C)sc2cc(CC)ccc21. The number of carbonyl (C=O) groups excluding carboxylic acids is 1. The maximum Gasteiger partial charge on any atom is 0.298 e. The first-order chi connectivity index (χ1) is 11.5. The van der Waals surface area contributed by atoms with E-state index in [9.17, 15) is 4.79 Å². The molecule has 1 amide bonds. The Morgan fingerprint density at radius 1 is 1.46 bits per heavy atom. The second-order valence-electron chi connectivity index (χ2n) is 5.55. The molecule has 0 unspecified atom stereocenters. The summed E-state index contributed by atoms with van der Waals surface area (Å²) in [4.78, 5) is 17.5. The fourth-order valence-electron chi connectivity index (χ4n) is 2.66. The second kappa shape index (κ2) is 6.46. The van der Waals surface area contributed by atoms with E-state index >= 15 is 0 Å². The van der Waals surface area contributed by atoms with E-state index < -0.39 is 0 Å². The summed E-state index contributed by atoms with van der Waals surface area (Å²) in [7, 11) is 1.74. The van der Waals surface area contributed by atoms with Gasteiger partial charge in [0.2, 0.25) is 0 Å². The molecule has 0 fully saturated rings. The number of hydrogen-bond donors (Lipinski definition) is 0. The van der Waals surface area contributed by atoms with Crippen molar-refractivity contribution in [3.05, 3.63) is 46.0 Å². The predicted octanol–water partition coefficient (Wildman–Crippen LogP) is 2.68. The van der Waals surface area contributed by atoms with Crippen molar-refractivity contribution in [3.63, 3.8) is 0 Å². The van der Waals surface area contributed by atoms with Gasteiger partial charge in [-0.15, -0.1) is 6.42 Å². The zero-order chi connectivity index (χ0) is 17.3. The van der Waals surface area contributed by atoms with E-state index in [-0.39, 0.29) is 5.91 Å². The zero-order valence-electron chi connectivity index (χ0n) is 13.9. The molecule has 0 N–H and O–H groups in total. The first-order valence-corrected chi connectivity index (χ1v) is 8.50. The topological polar surface area (TPSA) is 52.2 Å². The lowest BCUT2D eigenvalue weighted by Gasteiger charge is -2.01. The summed E-state index contributed by atoms with van der Waals surface area (Å²) >= 11 is 1.48. The minimum Gasteiger partial charge on any atom is -0.305 e. The highest BCUT2D eigenvalue weighted by atomic mass is 32.1. The minimum absolute atomic E-state index is 0.305. The van der Waals surface area contributed by atoms with E-state index in [1.165, 1.54) is 16.9 Å². The Labute approximate surface area is 144 Å². The first kappa shape index (κ1) is 16.2. The van der Waals surface area contributed by atoms with Gasteiger partial charge in [-0.1, -0.05) is 30.2 Å². The number of aromatic nitrogens is 3. The van der Waals surface area contributed by atoms with Crippen LogP contribution in [0.25, 0.3) is 10.2 Å². The molecular weight excluding hydrogens is 320 g/mol. The summed E-state index contributed by atoms with van der Waals surface area (Å²) in [6.07, 6.45) is 8.13. The summed E-state index contributed by atoms with van der Waals surface area (Å²) in [5.41, 5.74) is 3.55. The van der Waals surface area contributed by atoms with Gasteiger partial charge in [0.05, 0.1) is 23.0 Å². The van der Waals surface area contributed by atoms with E-state index in [4.69, 9.17) is 6.42 Å². The van der Waals surface area contributed by atoms with Crippen LogP contribution in [0.5, 0.6) is 0 Å². The Bertz CT molecular complexity index is 1010. The number of benzene rings is 1. The number of fused-ring (bicyclic) bond motifs is 1. The summed E-state index contributed by atoms with van der Waals surface area (Å²) in [6, 6.07) is 6.26. The fraction of sp³-hybridized carbons (Fsp3) is 0.278. The van der Waals surface area contributed by atoms with Crippen molar-refractivity contribution in [2.45, 2.75) is 26.8 Å². The van der Waals surface area contributed by atoms with Gasteiger partial charge in [0.25, 0.3) is 5.91 Å². The summed E-state index contributed by atoms with van der Waals surface area (Å²) in [5, 5.41) is 4.10. The van der Waals surface area contributed by atoms with Crippen molar-refractivity contribution < 1.29 is 4.79 Å². The number of thiazole rings is 1. The number of nitrogens with zero attached hydrogens (tertiary/aromatic N) is 4. The fourth-order valence-corrected chi connectivity index (χ4v) is 3.75. The number of amides is 1. The lowest BCUT2D eigenvalue weighted by molar-refractivity contribution is 0.0988. The Hall–Kier alpha value is -2.65. The molecule has 0 aliphatic rings. The molecule has 0 saturated heterocycles. The molecule has 24 heavy (non-hydrogen) atoms. The molecular formula is C18H18N4OS. The predicted molar refractivity (Wildman–Crippen MR) is 95.9 cm³/mol. The summed E-state index contributed by atoms with van der Waals surface area (Å²) < 4.78 is 4.54. The third-order valence-corrected chi connectivity index (χ3v) is 4.97. The smallest absolute Gasteiger partial charge is 0.298 e. The van der Waals surface area contributed by atoms with Gasteiger partial charge in [-0.25, -0.2) is 0 Å². The molecule has 1 aromatic carbocycles. The van der Waals surface area contributed by atoms with Gasteiger partial charge in [-0.2, -0.15) is 10.1 Å². The minimum atomic E-state index is -0.305. The molecule has 2 heterocycles. The Morgan fingerprint density at radius 2 is 2.25 bits per heavy atom. The zero-order valence-corrected chi connectivity index (χ0v) is 14.7. The molecule has 0 saturated carbocycles. The molecule has 0 atom stereocenters. The molecule has 2 aromatic heterocycles. The van der Waals surface area contributed by atoms with Crippen LogP contribution in [0.4, 0.5) is 0 Å². The van der Waals surface area contributed by atoms with Gasteiger partial charge in [-0.3, -0.25) is 9.48 Å². The van der Waals surface area contributed by atoms with Crippen LogP contribution in [0.2, 0.25) is 0 Å². The standard InChI is InChI=1S/C18H18N4OS/c1-5-9-22-14-8-7-13(6-2)10-15(14)24-18(22)20-17(23)16-12(3)11-19-21(16)4/h1,7-8,10-11H,6,9H2,2-4H3. The van der Waals surface area contributed by atoms with E-state index in [2.05, 4.69) is 35.1 Å². The van der Waals surface area contributed by atoms with Crippen molar-refractivity contribution in [3.8, 4) is 12.3 Å². The van der Waals surface area contributed by atoms with Gasteiger partial charge >= 0.3 is 0 Å². The average molecular weight is 338 g/mol. The Kier molecular flexibility index (Phi) is 4.36. The normalized spacial score (nSPS) is 11.8. The molecule has 0 spiro atoms. The Morgan fingerprint density at radius 3 is 2.88 bits per heavy atom. The van der Waals surface area contributed by atoms with Gasteiger partial charge < -0.3 is 4.57 Å². The third kappa shape index (κ3) is 2.79. The van der Waals surface area contributed by atoms with Crippen LogP contribution in [-0.2, 0) is 20.0 Å². The molecule has 122 valence electrons. The number of rotatable bonds is 3. The molecule has 6 heteroatoms. The maximum atomic E-state index is 12.6. The van der Waals surface area contributed by atoms with Crippen LogP contribution in [0.1, 0.15) is 28.5 Å². The summed E-state index contributed by atoms with van der Waals surface area (Å²) in [6.45, 7) is 4.34. The van der Waals surface area contributed by atoms with Crippen LogP contribution in [0.15, 0.2) is 29.4 Å². The number of aryl methyl sites for hydroxylation is 3. The highest BCUT2D eigenvalue weighted by Gasteiger charge is 2.14. The number of hydrogen-bond acceptors (Lipinski definition) is 3. The molecule has 5 nitrogen and oxygen atoms in total. The maximum absolute atomic E-state index is 12.6. The van der Waals surface area contributed by atoms with Gasteiger partial charge in [0, 0.05) is 12.6 Å². The van der Waals surface area contributed by atoms with Crippen LogP contribution in [-0.4, -0.2) is 20.3 Å². The second-order valence-corrected chi connectivity index (χ2v) is 6.56. The first-order valence-electron chi connectivity index (χ1n) is 7.68. The van der Waals surface area contributed by atoms with Crippen LogP contribution in [0.3, 0.4) is 0 Å². The molecule has 0 aliphatic carbocycles. The third-order valence-electron chi connectivity index (χ3n) is 3.93.